The fraction of sp³-hybridized carbons (Fsp3) is 0.706. The van der Waals surface area contributed by atoms with Crippen LogP contribution in [0.4, 0.5) is 0 Å². The first-order chi connectivity index (χ1) is 50.2. The van der Waals surface area contributed by atoms with Crippen LogP contribution in [0.3, 0.4) is 0 Å². The molecule has 0 aliphatic heterocycles. The molecule has 0 spiro atoms. The van der Waals surface area contributed by atoms with Gasteiger partial charge in [0.25, 0.3) is 0 Å². The van der Waals surface area contributed by atoms with Gasteiger partial charge in [-0.1, -0.05) is 296 Å². The summed E-state index contributed by atoms with van der Waals surface area (Å²) in [6, 6.07) is 0. The van der Waals surface area contributed by atoms with Crippen molar-refractivity contribution in [3.05, 3.63) is 134 Å². The van der Waals surface area contributed by atoms with Gasteiger partial charge in [-0.2, -0.15) is 0 Å². The van der Waals surface area contributed by atoms with Crippen LogP contribution in [0.1, 0.15) is 329 Å². The molecule has 16 nitrogen and oxygen atoms in total. The number of rotatable bonds is 76. The summed E-state index contributed by atoms with van der Waals surface area (Å²) in [7, 11) is -9.81. The van der Waals surface area contributed by atoms with Gasteiger partial charge < -0.3 is 34.2 Å². The summed E-state index contributed by atoms with van der Waals surface area (Å²) in [4.78, 5) is 58.7. The number of carbonyl (C=O) groups is 3. The number of unbranched alkanes of at least 4 members (excludes halogenated alkanes) is 31. The maximum atomic E-state index is 13.0. The Labute approximate surface area is 626 Å². The zero-order valence-corrected chi connectivity index (χ0v) is 66.5. The van der Waals surface area contributed by atoms with Crippen LogP contribution in [0.25, 0.3) is 0 Å². The molecule has 0 aliphatic rings. The van der Waals surface area contributed by atoms with E-state index in [0.717, 1.165) is 154 Å². The van der Waals surface area contributed by atoms with E-state index in [1.54, 1.807) is 0 Å². The quantitative estimate of drug-likeness (QED) is 0.0146. The predicted octanol–water partition coefficient (Wildman–Crippen LogP) is 23.9. The van der Waals surface area contributed by atoms with Gasteiger partial charge in [0.2, 0.25) is 0 Å². The van der Waals surface area contributed by atoms with Crippen LogP contribution in [0.5, 0.6) is 0 Å². The van der Waals surface area contributed by atoms with Crippen molar-refractivity contribution in [2.24, 2.45) is 0 Å². The molecule has 0 heterocycles. The van der Waals surface area contributed by atoms with E-state index < -0.39 is 91.5 Å². The minimum atomic E-state index is -4.94. The minimum absolute atomic E-state index is 0.0823. The smallest absolute Gasteiger partial charge is 0.463 e. The molecule has 0 amide bonds. The second-order valence-corrected chi connectivity index (χ2v) is 29.8. The van der Waals surface area contributed by atoms with E-state index in [1.807, 2.05) is 0 Å². The van der Waals surface area contributed by atoms with Crippen LogP contribution >= 0.6 is 15.6 Å². The second kappa shape index (κ2) is 77.3. The first kappa shape index (κ1) is 98.7. The van der Waals surface area contributed by atoms with Crippen molar-refractivity contribution in [2.75, 3.05) is 39.6 Å². The van der Waals surface area contributed by atoms with Gasteiger partial charge >= 0.3 is 33.6 Å². The summed E-state index contributed by atoms with van der Waals surface area (Å²) in [5, 5.41) is 20.7. The van der Waals surface area contributed by atoms with E-state index in [4.69, 9.17) is 32.3 Å². The average Bonchev–Trinajstić information content (AvgIpc) is 0.923. The number of aliphatic hydroxyl groups excluding tert-OH is 2. The normalized spacial score (nSPS) is 14.7. The third-order valence-electron chi connectivity index (χ3n) is 16.8. The first-order valence-corrected chi connectivity index (χ1v) is 43.5. The second-order valence-electron chi connectivity index (χ2n) is 26.9. The predicted molar refractivity (Wildman–Crippen MR) is 426 cm³/mol. The van der Waals surface area contributed by atoms with Crippen LogP contribution in [0, 0.1) is 0 Å². The van der Waals surface area contributed by atoms with Gasteiger partial charge in [0.15, 0.2) is 6.10 Å². The van der Waals surface area contributed by atoms with E-state index in [2.05, 4.69) is 154 Å². The van der Waals surface area contributed by atoms with Gasteiger partial charge in [0, 0.05) is 19.3 Å². The highest BCUT2D eigenvalue weighted by Gasteiger charge is 2.29. The fourth-order valence-electron chi connectivity index (χ4n) is 10.6. The SMILES string of the molecule is CCCCC/C=C\C/C=C\C/C=C\C/C=C\CCCCCCCCCCCCCC(=O)OCC(O)COP(=O)(O)OCC(O)COP(=O)(O)OCC(COC(=O)CCCCCCC/C=C\C/C=C\C/C=C\C/C=C\CCCCC)OC(=O)CCCCCCCC/C=C\C/C=C\C/C=C\CCCCC. The number of hydrogen-bond acceptors (Lipinski definition) is 14. The maximum absolute atomic E-state index is 13.0. The molecule has 0 rings (SSSR count). The molecule has 18 heteroatoms. The molecule has 0 aromatic rings. The zero-order chi connectivity index (χ0) is 75.2. The molecule has 0 fully saturated rings. The molecule has 103 heavy (non-hydrogen) atoms. The van der Waals surface area contributed by atoms with Gasteiger partial charge in [0.1, 0.15) is 25.4 Å². The van der Waals surface area contributed by atoms with Crippen molar-refractivity contribution >= 4 is 33.6 Å². The van der Waals surface area contributed by atoms with E-state index in [1.165, 1.54) is 116 Å². The molecule has 0 aromatic carbocycles. The van der Waals surface area contributed by atoms with Crippen LogP contribution in [-0.2, 0) is 55.8 Å². The lowest BCUT2D eigenvalue weighted by molar-refractivity contribution is -0.161. The highest BCUT2D eigenvalue weighted by atomic mass is 31.2. The molecule has 592 valence electrons. The molecule has 5 unspecified atom stereocenters. The van der Waals surface area contributed by atoms with Crippen LogP contribution in [-0.4, -0.2) is 95.9 Å². The number of phosphoric ester groups is 2. The number of esters is 3. The Morgan fingerprint density at radius 2 is 0.485 bits per heavy atom. The molecule has 4 N–H and O–H groups in total. The number of aliphatic hydroxyl groups is 2. The van der Waals surface area contributed by atoms with Crippen LogP contribution in [0.2, 0.25) is 0 Å². The molecule has 0 saturated carbocycles. The Morgan fingerprint density at radius 3 is 0.767 bits per heavy atom. The minimum Gasteiger partial charge on any atom is -0.463 e. The van der Waals surface area contributed by atoms with Gasteiger partial charge in [0.05, 0.1) is 26.4 Å². The van der Waals surface area contributed by atoms with Gasteiger partial charge in [-0.15, -0.1) is 0 Å². The van der Waals surface area contributed by atoms with E-state index in [-0.39, 0.29) is 19.3 Å². The Morgan fingerprint density at radius 1 is 0.272 bits per heavy atom. The molecular formula is C85H146O16P2. The van der Waals surface area contributed by atoms with Crippen LogP contribution in [0.15, 0.2) is 134 Å². The largest absolute Gasteiger partial charge is 0.472 e. The van der Waals surface area contributed by atoms with Crippen LogP contribution < -0.4 is 0 Å². The topological polar surface area (TPSA) is 231 Å². The molecule has 0 bridgehead atoms. The lowest BCUT2D eigenvalue weighted by Crippen LogP contribution is -2.30. The van der Waals surface area contributed by atoms with Crippen molar-refractivity contribution in [1.29, 1.82) is 0 Å². The lowest BCUT2D eigenvalue weighted by atomic mass is 10.0. The van der Waals surface area contributed by atoms with Gasteiger partial charge in [-0.3, -0.25) is 32.5 Å². The molecule has 0 radical (unpaired) electrons. The average molecular weight is 1490 g/mol. The number of hydrogen-bond donors (Lipinski definition) is 4. The van der Waals surface area contributed by atoms with Crippen molar-refractivity contribution in [3.8, 4) is 0 Å². The highest BCUT2D eigenvalue weighted by Crippen LogP contribution is 2.45. The Bertz CT molecular complexity index is 2410. The first-order valence-electron chi connectivity index (χ1n) is 40.5. The summed E-state index contributed by atoms with van der Waals surface area (Å²) in [6.07, 6.45) is 93.4. The third-order valence-corrected chi connectivity index (χ3v) is 18.7. The summed E-state index contributed by atoms with van der Waals surface area (Å²) in [5.74, 6) is -1.61. The molecule has 0 saturated heterocycles. The maximum Gasteiger partial charge on any atom is 0.472 e. The standard InChI is InChI=1S/C85H146O16P2/c1-4-7-10-13-16-19-22-25-28-31-34-36-37-38-39-40-41-43-46-47-50-53-56-59-62-65-68-71-83(88)95-74-80(86)75-97-102(91,92)98-76-81(87)77-99-103(93,94)100-79-82(101-85(90)73-70-67-64-61-58-55-52-49-44-33-30-27-24-21-18-15-12-9-6-3)78-96-84(89)72-69-66-63-60-57-54-51-48-45-42-35-32-29-26-23-20-17-14-11-8-5-2/h16-21,25-30,34-36,38-39,42,44,48-49,51,80-82,86-87H,4-15,22-24,31-33,37,40-41,43,45-47,50,52-79H2,1-3H3,(H,91,92)(H,93,94)/b19-16-,20-17-,21-18-,28-25-,29-26-,30-27-,36-34-,39-38-,42-35-,49-44-,51-48-. The Kier molecular flexibility index (Phi) is 74.1. The lowest BCUT2D eigenvalue weighted by Gasteiger charge is -2.21. The zero-order valence-electron chi connectivity index (χ0n) is 64.7. The Balaban J connectivity index is 4.65. The van der Waals surface area contributed by atoms with Crippen molar-refractivity contribution in [3.63, 3.8) is 0 Å². The molecule has 0 aliphatic carbocycles. The number of ether oxygens (including phenoxy) is 3. The summed E-state index contributed by atoms with van der Waals surface area (Å²) in [5.41, 5.74) is 0. The number of carbonyl (C=O) groups excluding carboxylic acids is 3. The highest BCUT2D eigenvalue weighted by molar-refractivity contribution is 7.47. The van der Waals surface area contributed by atoms with Gasteiger partial charge in [-0.25, -0.2) is 9.13 Å². The number of phosphoric acid groups is 2. The monoisotopic (exact) mass is 1490 g/mol. The van der Waals surface area contributed by atoms with Gasteiger partial charge in [-0.05, 0) is 148 Å². The Hall–Kier alpha value is -4.31. The van der Waals surface area contributed by atoms with E-state index in [9.17, 15) is 43.5 Å². The van der Waals surface area contributed by atoms with Crippen molar-refractivity contribution in [2.45, 2.75) is 347 Å². The summed E-state index contributed by atoms with van der Waals surface area (Å²) >= 11 is 0. The number of allylic oxidation sites excluding steroid dienone is 22. The third kappa shape index (κ3) is 78.6. The van der Waals surface area contributed by atoms with E-state index >= 15 is 0 Å². The molecular weight excluding hydrogens is 1340 g/mol. The fourth-order valence-corrected chi connectivity index (χ4v) is 12.2. The summed E-state index contributed by atoms with van der Waals surface area (Å²) < 4.78 is 61.2. The molecule has 0 aromatic heterocycles. The van der Waals surface area contributed by atoms with Crippen molar-refractivity contribution in [1.82, 2.24) is 0 Å². The van der Waals surface area contributed by atoms with Crippen molar-refractivity contribution < 1.29 is 75.8 Å². The summed E-state index contributed by atoms with van der Waals surface area (Å²) in [6.45, 7) is 2.57. The molecule has 5 atom stereocenters. The van der Waals surface area contributed by atoms with E-state index in [0.29, 0.717) is 19.3 Å².